The molecule has 0 bridgehead atoms. The zero-order valence-corrected chi connectivity index (χ0v) is 17.2. The molecule has 0 spiro atoms. The summed E-state index contributed by atoms with van der Waals surface area (Å²) in [4.78, 5) is 19.5. The van der Waals surface area contributed by atoms with E-state index < -0.39 is 0 Å². The Morgan fingerprint density at radius 3 is 2.72 bits per heavy atom. The maximum Gasteiger partial charge on any atom is 0.254 e. The van der Waals surface area contributed by atoms with Crippen LogP contribution >= 0.6 is 11.8 Å². The lowest BCUT2D eigenvalue weighted by atomic mass is 10.2. The highest BCUT2D eigenvalue weighted by atomic mass is 32.2. The number of aryl methyl sites for hydroxylation is 1. The van der Waals surface area contributed by atoms with Crippen LogP contribution in [-0.2, 0) is 12.3 Å². The van der Waals surface area contributed by atoms with Gasteiger partial charge in [0.1, 0.15) is 10.8 Å². The van der Waals surface area contributed by atoms with Gasteiger partial charge in [-0.3, -0.25) is 4.79 Å². The molecular weight excluding hydrogens is 384 g/mol. The first-order valence-corrected chi connectivity index (χ1v) is 10.8. The smallest absolute Gasteiger partial charge is 0.254 e. The van der Waals surface area contributed by atoms with Crippen LogP contribution in [0.2, 0.25) is 0 Å². The van der Waals surface area contributed by atoms with E-state index in [4.69, 9.17) is 4.52 Å². The Bertz CT molecular complexity index is 965. The van der Waals surface area contributed by atoms with E-state index in [-0.39, 0.29) is 5.91 Å². The van der Waals surface area contributed by atoms with Gasteiger partial charge in [0.15, 0.2) is 0 Å². The molecule has 4 rings (SSSR count). The maximum absolute atomic E-state index is 12.7. The summed E-state index contributed by atoms with van der Waals surface area (Å²) in [6.45, 7) is 4.61. The molecule has 0 unspecified atom stereocenters. The van der Waals surface area contributed by atoms with Crippen LogP contribution < -0.4 is 10.2 Å². The Hall–Kier alpha value is -2.80. The number of nitrogens with one attached hydrogen (secondary N) is 1. The van der Waals surface area contributed by atoms with Gasteiger partial charge in [-0.2, -0.15) is 0 Å². The lowest BCUT2D eigenvalue weighted by Gasteiger charge is -2.17. The van der Waals surface area contributed by atoms with Crippen LogP contribution in [-0.4, -0.2) is 29.1 Å². The summed E-state index contributed by atoms with van der Waals surface area (Å²) in [5, 5.41) is 7.69. The van der Waals surface area contributed by atoms with Crippen LogP contribution in [0, 0.1) is 6.92 Å². The number of nitrogens with zero attached hydrogens (tertiary/aromatic N) is 3. The normalized spacial score (nSPS) is 13.6. The second-order valence-electron chi connectivity index (χ2n) is 7.12. The minimum absolute atomic E-state index is 0.124. The molecule has 1 fully saturated rings. The number of rotatable bonds is 7. The number of hydrogen-bond acceptors (Lipinski definition) is 6. The van der Waals surface area contributed by atoms with Crippen LogP contribution in [0.4, 0.5) is 5.69 Å². The number of hydrogen-bond donors (Lipinski definition) is 1. The SMILES string of the molecule is Cc1cc(CSc2ncccc2C(=O)NCc2ccc(N3CCCC3)cc2)no1. The van der Waals surface area contributed by atoms with Crippen LogP contribution in [0.3, 0.4) is 0 Å². The third-order valence-corrected chi connectivity index (χ3v) is 5.95. The van der Waals surface area contributed by atoms with Gasteiger partial charge in [-0.1, -0.05) is 29.1 Å². The minimum atomic E-state index is -0.124. The van der Waals surface area contributed by atoms with Gasteiger partial charge in [0.2, 0.25) is 0 Å². The van der Waals surface area contributed by atoms with Crippen LogP contribution in [0.15, 0.2) is 58.2 Å². The predicted octanol–water partition coefficient (Wildman–Crippen LogP) is 4.20. The van der Waals surface area contributed by atoms with Crippen molar-refractivity contribution >= 4 is 23.4 Å². The third kappa shape index (κ3) is 4.98. The number of thioether (sulfide) groups is 1. The molecule has 3 aromatic rings. The fraction of sp³-hybridized carbons (Fsp3) is 0.318. The second-order valence-corrected chi connectivity index (χ2v) is 8.08. The van der Waals surface area contributed by atoms with E-state index in [2.05, 4.69) is 44.6 Å². The van der Waals surface area contributed by atoms with E-state index in [1.165, 1.54) is 30.3 Å². The summed E-state index contributed by atoms with van der Waals surface area (Å²) in [7, 11) is 0. The number of carbonyl (C=O) groups excluding carboxylic acids is 1. The van der Waals surface area contributed by atoms with Gasteiger partial charge in [-0.15, -0.1) is 0 Å². The third-order valence-electron chi connectivity index (χ3n) is 4.91. The Kier molecular flexibility index (Phi) is 6.14. The Balaban J connectivity index is 1.35. The lowest BCUT2D eigenvalue weighted by molar-refractivity contribution is 0.0947. The quantitative estimate of drug-likeness (QED) is 0.591. The van der Waals surface area contributed by atoms with Crippen molar-refractivity contribution < 1.29 is 9.32 Å². The van der Waals surface area contributed by atoms with Crippen molar-refractivity contribution in [2.24, 2.45) is 0 Å². The van der Waals surface area contributed by atoms with Crippen molar-refractivity contribution in [1.29, 1.82) is 0 Å². The molecule has 6 nitrogen and oxygen atoms in total. The Morgan fingerprint density at radius 1 is 1.21 bits per heavy atom. The van der Waals surface area contributed by atoms with Gasteiger partial charge in [0.05, 0.1) is 11.3 Å². The zero-order valence-electron chi connectivity index (χ0n) is 16.4. The topological polar surface area (TPSA) is 71.3 Å². The number of amides is 1. The molecule has 1 aliphatic rings. The van der Waals surface area contributed by atoms with Crippen LogP contribution in [0.1, 0.15) is 40.2 Å². The number of aromatic nitrogens is 2. The molecule has 1 aliphatic heterocycles. The molecular formula is C22H24N4O2S. The summed E-state index contributed by atoms with van der Waals surface area (Å²) in [5.74, 6) is 1.25. The fourth-order valence-electron chi connectivity index (χ4n) is 3.38. The van der Waals surface area contributed by atoms with Gasteiger partial charge in [-0.05, 0) is 49.6 Å². The monoisotopic (exact) mass is 408 g/mol. The molecule has 0 saturated carbocycles. The molecule has 1 aromatic carbocycles. The molecule has 1 amide bonds. The molecule has 29 heavy (non-hydrogen) atoms. The average Bonchev–Trinajstić information content (AvgIpc) is 3.43. The number of pyridine rings is 1. The van der Waals surface area contributed by atoms with Gasteiger partial charge < -0.3 is 14.7 Å². The van der Waals surface area contributed by atoms with Gasteiger partial charge in [0.25, 0.3) is 5.91 Å². The first-order valence-electron chi connectivity index (χ1n) is 9.81. The molecule has 0 radical (unpaired) electrons. The predicted molar refractivity (Wildman–Crippen MR) is 114 cm³/mol. The van der Waals surface area contributed by atoms with Crippen molar-refractivity contribution in [1.82, 2.24) is 15.5 Å². The van der Waals surface area contributed by atoms with Gasteiger partial charge in [0, 0.05) is 43.3 Å². The summed E-state index contributed by atoms with van der Waals surface area (Å²) in [6, 6.07) is 13.9. The first-order chi connectivity index (χ1) is 14.2. The van der Waals surface area contributed by atoms with E-state index >= 15 is 0 Å². The van der Waals surface area contributed by atoms with Crippen molar-refractivity contribution in [2.75, 3.05) is 18.0 Å². The van der Waals surface area contributed by atoms with Gasteiger partial charge >= 0.3 is 0 Å². The van der Waals surface area contributed by atoms with E-state index in [0.29, 0.717) is 22.9 Å². The minimum Gasteiger partial charge on any atom is -0.372 e. The second kappa shape index (κ2) is 9.13. The summed E-state index contributed by atoms with van der Waals surface area (Å²) in [5.41, 5.74) is 3.75. The molecule has 0 aliphatic carbocycles. The van der Waals surface area contributed by atoms with E-state index in [9.17, 15) is 4.79 Å². The highest BCUT2D eigenvalue weighted by Crippen LogP contribution is 2.24. The van der Waals surface area contributed by atoms with E-state index in [0.717, 1.165) is 30.1 Å². The summed E-state index contributed by atoms with van der Waals surface area (Å²) < 4.78 is 5.09. The van der Waals surface area contributed by atoms with Crippen molar-refractivity contribution in [3.63, 3.8) is 0 Å². The summed E-state index contributed by atoms with van der Waals surface area (Å²) >= 11 is 1.48. The van der Waals surface area contributed by atoms with Crippen molar-refractivity contribution in [3.05, 3.63) is 71.2 Å². The van der Waals surface area contributed by atoms with Crippen LogP contribution in [0.25, 0.3) is 0 Å². The van der Waals surface area contributed by atoms with E-state index in [1.54, 1.807) is 18.3 Å². The van der Waals surface area contributed by atoms with E-state index in [1.807, 2.05) is 13.0 Å². The Morgan fingerprint density at radius 2 is 2.00 bits per heavy atom. The molecule has 1 saturated heterocycles. The highest BCUT2D eigenvalue weighted by Gasteiger charge is 2.14. The zero-order chi connectivity index (χ0) is 20.1. The van der Waals surface area contributed by atoms with Crippen molar-refractivity contribution in [3.8, 4) is 0 Å². The lowest BCUT2D eigenvalue weighted by Crippen LogP contribution is -2.23. The highest BCUT2D eigenvalue weighted by molar-refractivity contribution is 7.98. The molecule has 150 valence electrons. The maximum atomic E-state index is 12.7. The largest absolute Gasteiger partial charge is 0.372 e. The molecule has 2 aromatic heterocycles. The number of carbonyl (C=O) groups is 1. The number of benzene rings is 1. The fourth-order valence-corrected chi connectivity index (χ4v) is 4.26. The Labute approximate surface area is 174 Å². The average molecular weight is 409 g/mol. The van der Waals surface area contributed by atoms with Crippen molar-refractivity contribution in [2.45, 2.75) is 37.1 Å². The first kappa shape index (κ1) is 19.5. The summed E-state index contributed by atoms with van der Waals surface area (Å²) in [6.07, 6.45) is 4.23. The number of anilines is 1. The van der Waals surface area contributed by atoms with Gasteiger partial charge in [-0.25, -0.2) is 4.98 Å². The molecule has 0 atom stereocenters. The molecule has 1 N–H and O–H groups in total. The van der Waals surface area contributed by atoms with Crippen LogP contribution in [0.5, 0.6) is 0 Å². The standard InChI is InChI=1S/C22H24N4O2S/c1-16-13-18(25-28-16)15-29-22-20(5-4-10-23-22)21(27)24-14-17-6-8-19(9-7-17)26-11-2-3-12-26/h4-10,13H,2-3,11-12,14-15H2,1H3,(H,24,27). The molecule has 3 heterocycles. The molecule has 7 heteroatoms.